The summed E-state index contributed by atoms with van der Waals surface area (Å²) in [5, 5.41) is 16.8. The van der Waals surface area contributed by atoms with Crippen molar-refractivity contribution in [1.82, 2.24) is 25.0 Å². The highest BCUT2D eigenvalue weighted by Gasteiger charge is 2.11. The van der Waals surface area contributed by atoms with Crippen molar-refractivity contribution in [3.63, 3.8) is 0 Å². The van der Waals surface area contributed by atoms with E-state index in [1.54, 1.807) is 4.68 Å². The van der Waals surface area contributed by atoms with Crippen molar-refractivity contribution in [2.75, 3.05) is 0 Å². The first-order chi connectivity index (χ1) is 8.40. The monoisotopic (exact) mass is 222 g/mol. The number of fused-ring (bicyclic) bond motifs is 1. The van der Waals surface area contributed by atoms with Gasteiger partial charge in [-0.2, -0.15) is 9.94 Å². The number of hydrogen-bond donors (Lipinski definition) is 0. The number of aromatic nitrogens is 5. The zero-order chi connectivity index (χ0) is 11.7. The van der Waals surface area contributed by atoms with Crippen LogP contribution in [0.4, 0.5) is 0 Å². The van der Waals surface area contributed by atoms with Crippen LogP contribution < -0.4 is 0 Å². The fourth-order valence-electron chi connectivity index (χ4n) is 1.57. The Morgan fingerprint density at radius 2 is 1.94 bits per heavy atom. The largest absolute Gasteiger partial charge is 0.223 e. The molecule has 17 heavy (non-hydrogen) atoms. The van der Waals surface area contributed by atoms with Gasteiger partial charge in [-0.15, -0.1) is 5.10 Å². The molecule has 0 saturated carbocycles. The Balaban J connectivity index is 2.31. The van der Waals surface area contributed by atoms with Crippen LogP contribution in [0.15, 0.2) is 36.7 Å². The van der Waals surface area contributed by atoms with Gasteiger partial charge in [-0.05, 0) is 12.1 Å². The standard InChI is InChI=1S/C11H6N6/c12-6-9-10-11(14-7-13-9)17(16-15-10)8-4-2-1-3-5-8/h1-5,7H. The third-order valence-electron chi connectivity index (χ3n) is 2.34. The molecule has 0 aliphatic rings. The minimum Gasteiger partial charge on any atom is -0.223 e. The van der Waals surface area contributed by atoms with Crippen LogP contribution in [-0.4, -0.2) is 25.0 Å². The van der Waals surface area contributed by atoms with Crippen LogP contribution in [0.3, 0.4) is 0 Å². The average Bonchev–Trinajstić information content (AvgIpc) is 2.83. The second kappa shape index (κ2) is 3.64. The molecule has 3 rings (SSSR count). The van der Waals surface area contributed by atoms with Gasteiger partial charge < -0.3 is 0 Å². The first-order valence-electron chi connectivity index (χ1n) is 4.92. The van der Waals surface area contributed by atoms with Gasteiger partial charge in [0.05, 0.1) is 5.69 Å². The molecule has 1 aromatic carbocycles. The van der Waals surface area contributed by atoms with Crippen LogP contribution in [0.2, 0.25) is 0 Å². The van der Waals surface area contributed by atoms with E-state index in [1.165, 1.54) is 6.33 Å². The smallest absolute Gasteiger partial charge is 0.188 e. The Morgan fingerprint density at radius 3 is 2.71 bits per heavy atom. The van der Waals surface area contributed by atoms with Crippen molar-refractivity contribution in [3.05, 3.63) is 42.4 Å². The lowest BCUT2D eigenvalue weighted by atomic mass is 10.3. The maximum absolute atomic E-state index is 8.90. The van der Waals surface area contributed by atoms with Crippen LogP contribution in [0.25, 0.3) is 16.9 Å². The predicted molar refractivity (Wildman–Crippen MR) is 59.2 cm³/mol. The Hall–Kier alpha value is -2.81. The number of benzene rings is 1. The molecule has 0 N–H and O–H groups in total. The van der Waals surface area contributed by atoms with Crippen LogP contribution in [0.5, 0.6) is 0 Å². The van der Waals surface area contributed by atoms with Crippen LogP contribution in [0.1, 0.15) is 5.69 Å². The molecule has 6 heteroatoms. The molecule has 0 fully saturated rings. The zero-order valence-electron chi connectivity index (χ0n) is 8.65. The van der Waals surface area contributed by atoms with Gasteiger partial charge in [-0.1, -0.05) is 23.4 Å². The summed E-state index contributed by atoms with van der Waals surface area (Å²) in [4.78, 5) is 7.95. The minimum atomic E-state index is 0.234. The number of nitriles is 1. The number of hydrogen-bond acceptors (Lipinski definition) is 5. The fraction of sp³-hybridized carbons (Fsp3) is 0. The molecule has 3 aromatic rings. The summed E-state index contributed by atoms with van der Waals surface area (Å²) in [6, 6.07) is 11.5. The van der Waals surface area contributed by atoms with Gasteiger partial charge in [0.25, 0.3) is 0 Å². The Kier molecular flexibility index (Phi) is 2.02. The van der Waals surface area contributed by atoms with Crippen molar-refractivity contribution in [1.29, 1.82) is 5.26 Å². The Labute approximate surface area is 96.2 Å². The highest BCUT2D eigenvalue weighted by molar-refractivity contribution is 5.76. The van der Waals surface area contributed by atoms with Crippen molar-refractivity contribution in [3.8, 4) is 11.8 Å². The summed E-state index contributed by atoms with van der Waals surface area (Å²) in [5.41, 5.74) is 2.02. The van der Waals surface area contributed by atoms with E-state index in [2.05, 4.69) is 20.3 Å². The quantitative estimate of drug-likeness (QED) is 0.615. The molecule has 6 nitrogen and oxygen atoms in total. The van der Waals surface area contributed by atoms with E-state index >= 15 is 0 Å². The summed E-state index contributed by atoms with van der Waals surface area (Å²) in [6.45, 7) is 0. The van der Waals surface area contributed by atoms with E-state index in [0.717, 1.165) is 5.69 Å². The topological polar surface area (TPSA) is 80.3 Å². The van der Waals surface area contributed by atoms with Crippen LogP contribution in [-0.2, 0) is 0 Å². The SMILES string of the molecule is N#Cc1ncnc2c1nnn2-c1ccccc1. The lowest BCUT2D eigenvalue weighted by molar-refractivity contribution is 0.817. The molecule has 0 aliphatic heterocycles. The average molecular weight is 222 g/mol. The molecule has 0 unspecified atom stereocenters. The molecular weight excluding hydrogens is 216 g/mol. The van der Waals surface area contributed by atoms with Crippen molar-refractivity contribution in [2.45, 2.75) is 0 Å². The van der Waals surface area contributed by atoms with Crippen LogP contribution in [0, 0.1) is 11.3 Å². The second-order valence-corrected chi connectivity index (χ2v) is 3.34. The van der Waals surface area contributed by atoms with E-state index in [9.17, 15) is 0 Å². The maximum atomic E-state index is 8.90. The van der Waals surface area contributed by atoms with Gasteiger partial charge in [0.2, 0.25) is 0 Å². The Morgan fingerprint density at radius 1 is 1.12 bits per heavy atom. The third-order valence-corrected chi connectivity index (χ3v) is 2.34. The van der Waals surface area contributed by atoms with Crippen molar-refractivity contribution >= 4 is 11.2 Å². The van der Waals surface area contributed by atoms with Gasteiger partial charge in [-0.25, -0.2) is 9.97 Å². The summed E-state index contributed by atoms with van der Waals surface area (Å²) >= 11 is 0. The number of rotatable bonds is 1. The second-order valence-electron chi connectivity index (χ2n) is 3.34. The number of para-hydroxylation sites is 1. The first-order valence-corrected chi connectivity index (χ1v) is 4.92. The van der Waals surface area contributed by atoms with Crippen LogP contribution >= 0.6 is 0 Å². The highest BCUT2D eigenvalue weighted by Crippen LogP contribution is 2.14. The van der Waals surface area contributed by atoms with Crippen molar-refractivity contribution in [2.24, 2.45) is 0 Å². The number of nitrogens with zero attached hydrogens (tertiary/aromatic N) is 6. The third kappa shape index (κ3) is 1.41. The van der Waals surface area contributed by atoms with Crippen molar-refractivity contribution < 1.29 is 0 Å². The Bertz CT molecular complexity index is 710. The molecule has 0 atom stereocenters. The molecule has 0 saturated heterocycles. The molecule has 80 valence electrons. The molecule has 2 aromatic heterocycles. The summed E-state index contributed by atoms with van der Waals surface area (Å²) in [6.07, 6.45) is 1.34. The lowest BCUT2D eigenvalue weighted by Gasteiger charge is -1.99. The molecule has 2 heterocycles. The van der Waals surface area contributed by atoms with Gasteiger partial charge in [0.1, 0.15) is 12.4 Å². The zero-order valence-corrected chi connectivity index (χ0v) is 8.65. The molecule has 0 radical (unpaired) electrons. The molecular formula is C11H6N6. The van der Waals surface area contributed by atoms with E-state index in [-0.39, 0.29) is 5.69 Å². The lowest BCUT2D eigenvalue weighted by Crippen LogP contribution is -1.97. The highest BCUT2D eigenvalue weighted by atomic mass is 15.4. The molecule has 0 spiro atoms. The molecule has 0 amide bonds. The van der Waals surface area contributed by atoms with E-state index in [0.29, 0.717) is 11.2 Å². The first kappa shape index (κ1) is 9.42. The molecule has 0 aliphatic carbocycles. The summed E-state index contributed by atoms with van der Waals surface area (Å²) in [5.74, 6) is 0. The van der Waals surface area contributed by atoms with E-state index < -0.39 is 0 Å². The molecule has 0 bridgehead atoms. The predicted octanol–water partition coefficient (Wildman–Crippen LogP) is 1.08. The van der Waals surface area contributed by atoms with Gasteiger partial charge in [0.15, 0.2) is 16.9 Å². The van der Waals surface area contributed by atoms with Gasteiger partial charge >= 0.3 is 0 Å². The normalized spacial score (nSPS) is 10.3. The minimum absolute atomic E-state index is 0.234. The van der Waals surface area contributed by atoms with Gasteiger partial charge in [-0.3, -0.25) is 0 Å². The summed E-state index contributed by atoms with van der Waals surface area (Å²) in [7, 11) is 0. The van der Waals surface area contributed by atoms with E-state index in [1.807, 2.05) is 36.4 Å². The van der Waals surface area contributed by atoms with Gasteiger partial charge in [0, 0.05) is 0 Å². The fourth-order valence-corrected chi connectivity index (χ4v) is 1.57. The maximum Gasteiger partial charge on any atom is 0.188 e. The summed E-state index contributed by atoms with van der Waals surface area (Å²) < 4.78 is 1.58. The van der Waals surface area contributed by atoms with E-state index in [4.69, 9.17) is 5.26 Å².